The van der Waals surface area contributed by atoms with Crippen LogP contribution in [0.2, 0.25) is 0 Å². The minimum absolute atomic E-state index is 0.0847. The van der Waals surface area contributed by atoms with Crippen LogP contribution in [-0.4, -0.2) is 38.5 Å². The first-order chi connectivity index (χ1) is 7.79. The van der Waals surface area contributed by atoms with E-state index >= 15 is 0 Å². The molecule has 1 saturated heterocycles. The highest BCUT2D eigenvalue weighted by atomic mass is 16.5. The van der Waals surface area contributed by atoms with Crippen molar-refractivity contribution in [3.63, 3.8) is 0 Å². The topological polar surface area (TPSA) is 30.5 Å². The molecule has 0 radical (unpaired) electrons. The lowest BCUT2D eigenvalue weighted by atomic mass is 9.83. The number of nitrogens with one attached hydrogen (secondary N) is 1. The van der Waals surface area contributed by atoms with Crippen molar-refractivity contribution in [1.29, 1.82) is 0 Å². The van der Waals surface area contributed by atoms with Crippen LogP contribution < -0.4 is 5.32 Å². The Morgan fingerprint density at radius 1 is 1.50 bits per heavy atom. The molecule has 1 rings (SSSR count). The molecule has 1 aliphatic rings. The molecule has 0 aromatic heterocycles. The summed E-state index contributed by atoms with van der Waals surface area (Å²) in [7, 11) is 1.98. The number of ether oxygens (including phenoxy) is 2. The number of hydrogen-bond donors (Lipinski definition) is 1. The maximum Gasteiger partial charge on any atom is 0.0878 e. The summed E-state index contributed by atoms with van der Waals surface area (Å²) in [6.07, 6.45) is 9.00. The van der Waals surface area contributed by atoms with Crippen molar-refractivity contribution >= 4 is 0 Å². The van der Waals surface area contributed by atoms with Gasteiger partial charge in [-0.15, -0.1) is 12.3 Å². The van der Waals surface area contributed by atoms with E-state index in [1.165, 1.54) is 0 Å². The quantitative estimate of drug-likeness (QED) is 0.696. The fourth-order valence-electron chi connectivity index (χ4n) is 2.50. The van der Waals surface area contributed by atoms with E-state index in [0.29, 0.717) is 6.04 Å². The summed E-state index contributed by atoms with van der Waals surface area (Å²) in [6, 6.07) is 0.326. The van der Waals surface area contributed by atoms with Gasteiger partial charge in [-0.3, -0.25) is 0 Å². The summed E-state index contributed by atoms with van der Waals surface area (Å²) >= 11 is 0. The van der Waals surface area contributed by atoms with Crippen LogP contribution in [0.3, 0.4) is 0 Å². The molecule has 0 aromatic carbocycles. The predicted molar refractivity (Wildman–Crippen MR) is 65.3 cm³/mol. The summed E-state index contributed by atoms with van der Waals surface area (Å²) in [5.74, 6) is 2.70. The molecule has 1 unspecified atom stereocenters. The second kappa shape index (κ2) is 6.90. The van der Waals surface area contributed by atoms with Gasteiger partial charge in [-0.05, 0) is 20.4 Å². The lowest BCUT2D eigenvalue weighted by Crippen LogP contribution is -2.54. The number of hydrogen-bond acceptors (Lipinski definition) is 3. The van der Waals surface area contributed by atoms with Gasteiger partial charge in [-0.25, -0.2) is 0 Å². The summed E-state index contributed by atoms with van der Waals surface area (Å²) in [5.41, 5.74) is -0.0847. The molecule has 0 aliphatic carbocycles. The van der Waals surface area contributed by atoms with Gasteiger partial charge < -0.3 is 14.8 Å². The lowest BCUT2D eigenvalue weighted by molar-refractivity contribution is -0.126. The average molecular weight is 225 g/mol. The SMILES string of the molecule is C#CCCC(NC)C1(OCC)CCOCC1. The molecule has 0 saturated carbocycles. The predicted octanol–water partition coefficient (Wildman–Crippen LogP) is 1.57. The van der Waals surface area contributed by atoms with Gasteiger partial charge in [-0.1, -0.05) is 0 Å². The first-order valence-electron chi connectivity index (χ1n) is 6.11. The normalized spacial score (nSPS) is 21.3. The van der Waals surface area contributed by atoms with Gasteiger partial charge in [0.25, 0.3) is 0 Å². The van der Waals surface area contributed by atoms with Crippen LogP contribution in [0.4, 0.5) is 0 Å². The molecule has 0 aromatic rings. The van der Waals surface area contributed by atoms with Gasteiger partial charge in [0.05, 0.1) is 5.60 Å². The first-order valence-corrected chi connectivity index (χ1v) is 6.11. The van der Waals surface area contributed by atoms with Gasteiger partial charge in [-0.2, -0.15) is 0 Å². The maximum atomic E-state index is 6.01. The molecule has 1 atom stereocenters. The second-order valence-corrected chi connectivity index (χ2v) is 4.19. The molecule has 16 heavy (non-hydrogen) atoms. The van der Waals surface area contributed by atoms with E-state index in [2.05, 4.69) is 11.2 Å². The Morgan fingerprint density at radius 2 is 2.19 bits per heavy atom. The summed E-state index contributed by atoms with van der Waals surface area (Å²) in [4.78, 5) is 0. The fourth-order valence-corrected chi connectivity index (χ4v) is 2.50. The van der Waals surface area contributed by atoms with E-state index < -0.39 is 0 Å². The molecule has 1 N–H and O–H groups in total. The zero-order valence-corrected chi connectivity index (χ0v) is 10.4. The van der Waals surface area contributed by atoms with Crippen molar-refractivity contribution in [2.24, 2.45) is 0 Å². The Labute approximate surface area is 98.9 Å². The molecule has 1 heterocycles. The molecule has 3 nitrogen and oxygen atoms in total. The smallest absolute Gasteiger partial charge is 0.0878 e. The zero-order valence-electron chi connectivity index (χ0n) is 10.4. The van der Waals surface area contributed by atoms with E-state index in [1.807, 2.05) is 14.0 Å². The summed E-state index contributed by atoms with van der Waals surface area (Å²) < 4.78 is 11.4. The van der Waals surface area contributed by atoms with Crippen molar-refractivity contribution in [2.75, 3.05) is 26.9 Å². The third-order valence-corrected chi connectivity index (χ3v) is 3.33. The van der Waals surface area contributed by atoms with Crippen molar-refractivity contribution in [3.8, 4) is 12.3 Å². The standard InChI is InChI=1S/C13H23NO2/c1-4-6-7-12(14-3)13(16-5-2)8-10-15-11-9-13/h1,12,14H,5-11H2,2-3H3. The molecule has 0 spiro atoms. The van der Waals surface area contributed by atoms with Crippen LogP contribution in [0, 0.1) is 12.3 Å². The van der Waals surface area contributed by atoms with E-state index in [-0.39, 0.29) is 5.60 Å². The Balaban J connectivity index is 2.67. The van der Waals surface area contributed by atoms with Crippen molar-refractivity contribution < 1.29 is 9.47 Å². The second-order valence-electron chi connectivity index (χ2n) is 4.19. The Hall–Kier alpha value is -0.560. The van der Waals surface area contributed by atoms with Crippen LogP contribution in [-0.2, 0) is 9.47 Å². The van der Waals surface area contributed by atoms with Gasteiger partial charge >= 0.3 is 0 Å². The zero-order chi connectivity index (χ0) is 11.9. The van der Waals surface area contributed by atoms with E-state index in [0.717, 1.165) is 45.5 Å². The highest BCUT2D eigenvalue weighted by Crippen LogP contribution is 2.30. The molecule has 3 heteroatoms. The summed E-state index contributed by atoms with van der Waals surface area (Å²) in [6.45, 7) is 4.36. The molecular weight excluding hydrogens is 202 g/mol. The number of rotatable bonds is 6. The average Bonchev–Trinajstić information content (AvgIpc) is 2.31. The van der Waals surface area contributed by atoms with Crippen LogP contribution in [0.1, 0.15) is 32.6 Å². The molecule has 1 aliphatic heterocycles. The monoisotopic (exact) mass is 225 g/mol. The first kappa shape index (κ1) is 13.5. The van der Waals surface area contributed by atoms with Crippen molar-refractivity contribution in [2.45, 2.75) is 44.2 Å². The number of terminal acetylenes is 1. The molecule has 0 bridgehead atoms. The highest BCUT2D eigenvalue weighted by molar-refractivity contribution is 4.97. The summed E-state index contributed by atoms with van der Waals surface area (Å²) in [5, 5.41) is 3.36. The Bertz CT molecular complexity index is 223. The lowest BCUT2D eigenvalue weighted by Gasteiger charge is -2.43. The minimum Gasteiger partial charge on any atom is -0.381 e. The third-order valence-electron chi connectivity index (χ3n) is 3.33. The molecule has 1 fully saturated rings. The third kappa shape index (κ3) is 3.21. The van der Waals surface area contributed by atoms with E-state index in [4.69, 9.17) is 15.9 Å². The van der Waals surface area contributed by atoms with E-state index in [1.54, 1.807) is 0 Å². The van der Waals surface area contributed by atoms with Crippen molar-refractivity contribution in [3.05, 3.63) is 0 Å². The van der Waals surface area contributed by atoms with E-state index in [9.17, 15) is 0 Å². The van der Waals surface area contributed by atoms with Crippen LogP contribution in [0.15, 0.2) is 0 Å². The van der Waals surface area contributed by atoms with Crippen LogP contribution >= 0.6 is 0 Å². The largest absolute Gasteiger partial charge is 0.381 e. The van der Waals surface area contributed by atoms with Crippen LogP contribution in [0.25, 0.3) is 0 Å². The Kier molecular flexibility index (Phi) is 5.83. The minimum atomic E-state index is -0.0847. The van der Waals surface area contributed by atoms with Crippen molar-refractivity contribution in [1.82, 2.24) is 5.32 Å². The van der Waals surface area contributed by atoms with Gasteiger partial charge in [0.2, 0.25) is 0 Å². The number of likely N-dealkylation sites (N-methyl/N-ethyl adjacent to an activating group) is 1. The highest BCUT2D eigenvalue weighted by Gasteiger charge is 2.39. The van der Waals surface area contributed by atoms with Gasteiger partial charge in [0, 0.05) is 45.1 Å². The maximum absolute atomic E-state index is 6.01. The van der Waals surface area contributed by atoms with Gasteiger partial charge in [0.1, 0.15) is 0 Å². The molecular formula is C13H23NO2. The molecule has 0 amide bonds. The molecule has 92 valence electrons. The Morgan fingerprint density at radius 3 is 2.69 bits per heavy atom. The van der Waals surface area contributed by atoms with Gasteiger partial charge in [0.15, 0.2) is 0 Å². The fraction of sp³-hybridized carbons (Fsp3) is 0.846. The van der Waals surface area contributed by atoms with Crippen LogP contribution in [0.5, 0.6) is 0 Å².